The van der Waals surface area contributed by atoms with Gasteiger partial charge in [0.1, 0.15) is 11.5 Å². The number of aliphatic hydroxyl groups excluding tert-OH is 1. The van der Waals surface area contributed by atoms with Crippen LogP contribution in [0.2, 0.25) is 0 Å². The smallest absolute Gasteiger partial charge is 0.120 e. The Labute approximate surface area is 144 Å². The fraction of sp³-hybridized carbons (Fsp3) is 0.400. The van der Waals surface area contributed by atoms with E-state index in [1.807, 2.05) is 24.3 Å². The Morgan fingerprint density at radius 1 is 1.12 bits per heavy atom. The van der Waals surface area contributed by atoms with Crippen molar-refractivity contribution in [2.45, 2.75) is 26.3 Å². The highest BCUT2D eigenvalue weighted by Gasteiger charge is 2.29. The van der Waals surface area contributed by atoms with E-state index >= 15 is 0 Å². The van der Waals surface area contributed by atoms with Gasteiger partial charge in [0.25, 0.3) is 0 Å². The van der Waals surface area contributed by atoms with Crippen LogP contribution in [0.4, 0.5) is 0 Å². The van der Waals surface area contributed by atoms with Crippen LogP contribution in [0.15, 0.2) is 48.5 Å². The summed E-state index contributed by atoms with van der Waals surface area (Å²) in [4.78, 5) is 0. The lowest BCUT2D eigenvalue weighted by Crippen LogP contribution is -2.34. The maximum absolute atomic E-state index is 9.98. The zero-order chi connectivity index (χ0) is 17.6. The van der Waals surface area contributed by atoms with Gasteiger partial charge in [-0.15, -0.1) is 0 Å². The van der Waals surface area contributed by atoms with Crippen molar-refractivity contribution in [3.05, 3.63) is 59.7 Å². The van der Waals surface area contributed by atoms with E-state index < -0.39 is 0 Å². The van der Waals surface area contributed by atoms with Crippen molar-refractivity contribution >= 4 is 0 Å². The van der Waals surface area contributed by atoms with Gasteiger partial charge in [-0.2, -0.15) is 0 Å². The summed E-state index contributed by atoms with van der Waals surface area (Å²) in [6.45, 7) is 5.48. The number of aliphatic hydroxyl groups is 1. The predicted molar refractivity (Wildman–Crippen MR) is 96.4 cm³/mol. The monoisotopic (exact) mass is 329 g/mol. The largest absolute Gasteiger partial charge is 0.508 e. The van der Waals surface area contributed by atoms with Crippen LogP contribution in [0.1, 0.15) is 30.9 Å². The van der Waals surface area contributed by atoms with Crippen LogP contribution < -0.4 is 10.1 Å². The fourth-order valence-corrected chi connectivity index (χ4v) is 2.82. The lowest BCUT2D eigenvalue weighted by molar-refractivity contribution is 0.129. The van der Waals surface area contributed by atoms with Gasteiger partial charge in [0.2, 0.25) is 0 Å². The fourth-order valence-electron chi connectivity index (χ4n) is 2.82. The van der Waals surface area contributed by atoms with Crippen molar-refractivity contribution in [3.8, 4) is 11.5 Å². The van der Waals surface area contributed by atoms with Gasteiger partial charge in [0, 0.05) is 31.2 Å². The Morgan fingerprint density at radius 3 is 2.46 bits per heavy atom. The van der Waals surface area contributed by atoms with Gasteiger partial charge in [-0.25, -0.2) is 0 Å². The molecular formula is C20H27NO3. The van der Waals surface area contributed by atoms with E-state index in [2.05, 4.69) is 31.3 Å². The first-order valence-corrected chi connectivity index (χ1v) is 8.20. The molecule has 0 fully saturated rings. The third-order valence-corrected chi connectivity index (χ3v) is 4.50. The molecular weight excluding hydrogens is 302 g/mol. The lowest BCUT2D eigenvalue weighted by atomic mass is 9.75. The number of phenolic OH excluding ortho intramolecular Hbond substituents is 1. The summed E-state index contributed by atoms with van der Waals surface area (Å²) in [5, 5.41) is 23.2. The maximum Gasteiger partial charge on any atom is 0.120 e. The highest BCUT2D eigenvalue weighted by molar-refractivity contribution is 5.39. The van der Waals surface area contributed by atoms with E-state index in [1.165, 1.54) is 5.56 Å². The number of hydrogen-bond acceptors (Lipinski definition) is 4. The zero-order valence-corrected chi connectivity index (χ0v) is 14.6. The molecule has 1 unspecified atom stereocenters. The first-order valence-electron chi connectivity index (χ1n) is 8.20. The lowest BCUT2D eigenvalue weighted by Gasteiger charge is -2.33. The van der Waals surface area contributed by atoms with Gasteiger partial charge in [-0.1, -0.05) is 44.2 Å². The Kier molecular flexibility index (Phi) is 6.23. The van der Waals surface area contributed by atoms with Gasteiger partial charge in [0.15, 0.2) is 0 Å². The second-order valence-electron chi connectivity index (χ2n) is 6.74. The van der Waals surface area contributed by atoms with Crippen LogP contribution in [0, 0.1) is 5.41 Å². The molecule has 0 amide bonds. The van der Waals surface area contributed by atoms with Gasteiger partial charge >= 0.3 is 0 Å². The molecule has 0 saturated heterocycles. The Balaban J connectivity index is 2.09. The molecule has 2 rings (SSSR count). The number of aromatic hydroxyl groups is 1. The van der Waals surface area contributed by atoms with E-state index in [1.54, 1.807) is 19.2 Å². The average Bonchev–Trinajstić information content (AvgIpc) is 2.60. The standard InChI is InChI=1S/C20H27NO3/c1-20(2,14-22)18(15-7-5-4-6-8-15)13-21-12-16-11-17(24-3)9-10-19(16)23/h4-11,18,21-23H,12-14H2,1-3H3. The molecule has 0 aromatic heterocycles. The first kappa shape index (κ1) is 18.3. The molecule has 0 aliphatic rings. The molecule has 0 radical (unpaired) electrons. The molecule has 3 N–H and O–H groups in total. The highest BCUT2D eigenvalue weighted by Crippen LogP contribution is 2.34. The molecule has 4 heteroatoms. The molecule has 0 saturated carbocycles. The summed E-state index contributed by atoms with van der Waals surface area (Å²) < 4.78 is 5.21. The number of nitrogens with one attached hydrogen (secondary N) is 1. The van der Waals surface area contributed by atoms with Crippen molar-refractivity contribution in [1.29, 1.82) is 0 Å². The van der Waals surface area contributed by atoms with Gasteiger partial charge < -0.3 is 20.3 Å². The Hall–Kier alpha value is -2.04. The molecule has 1 atom stereocenters. The van der Waals surface area contributed by atoms with E-state index in [0.29, 0.717) is 13.1 Å². The summed E-state index contributed by atoms with van der Waals surface area (Å²) in [7, 11) is 1.61. The summed E-state index contributed by atoms with van der Waals surface area (Å²) in [6, 6.07) is 15.4. The maximum atomic E-state index is 9.98. The number of benzene rings is 2. The summed E-state index contributed by atoms with van der Waals surface area (Å²) >= 11 is 0. The normalized spacial score (nSPS) is 12.8. The van der Waals surface area contributed by atoms with Crippen molar-refractivity contribution in [3.63, 3.8) is 0 Å². The summed E-state index contributed by atoms with van der Waals surface area (Å²) in [5.41, 5.74) is 1.74. The molecule has 0 aliphatic carbocycles. The van der Waals surface area contributed by atoms with Gasteiger partial charge in [0.05, 0.1) is 7.11 Å². The third-order valence-electron chi connectivity index (χ3n) is 4.50. The van der Waals surface area contributed by atoms with Crippen LogP contribution in [0.5, 0.6) is 11.5 Å². The SMILES string of the molecule is COc1ccc(O)c(CNCC(c2ccccc2)C(C)(C)CO)c1. The van der Waals surface area contributed by atoms with Crippen LogP contribution in [0.3, 0.4) is 0 Å². The number of ether oxygens (including phenoxy) is 1. The molecule has 130 valence electrons. The van der Waals surface area contributed by atoms with Crippen LogP contribution >= 0.6 is 0 Å². The molecule has 0 bridgehead atoms. The van der Waals surface area contributed by atoms with Gasteiger partial charge in [-0.05, 0) is 29.2 Å². The zero-order valence-electron chi connectivity index (χ0n) is 14.6. The Bertz CT molecular complexity index is 641. The molecule has 0 aliphatic heterocycles. The third kappa shape index (κ3) is 4.49. The second-order valence-corrected chi connectivity index (χ2v) is 6.74. The van der Waals surface area contributed by atoms with E-state index in [0.717, 1.165) is 11.3 Å². The number of phenols is 1. The number of methoxy groups -OCH3 is 1. The minimum Gasteiger partial charge on any atom is -0.508 e. The van der Waals surface area contributed by atoms with E-state index in [-0.39, 0.29) is 23.7 Å². The van der Waals surface area contributed by atoms with E-state index in [9.17, 15) is 10.2 Å². The molecule has 24 heavy (non-hydrogen) atoms. The number of hydrogen-bond donors (Lipinski definition) is 3. The molecule has 2 aromatic carbocycles. The molecule has 2 aromatic rings. The topological polar surface area (TPSA) is 61.7 Å². The minimum absolute atomic E-state index is 0.110. The van der Waals surface area contributed by atoms with Crippen molar-refractivity contribution in [2.24, 2.45) is 5.41 Å². The van der Waals surface area contributed by atoms with E-state index in [4.69, 9.17) is 4.74 Å². The number of rotatable bonds is 8. The van der Waals surface area contributed by atoms with Gasteiger partial charge in [-0.3, -0.25) is 0 Å². The quantitative estimate of drug-likeness (QED) is 0.695. The van der Waals surface area contributed by atoms with Crippen LogP contribution in [0.25, 0.3) is 0 Å². The second kappa shape index (κ2) is 8.18. The Morgan fingerprint density at radius 2 is 1.83 bits per heavy atom. The molecule has 0 heterocycles. The molecule has 4 nitrogen and oxygen atoms in total. The summed E-state index contributed by atoms with van der Waals surface area (Å²) in [5.74, 6) is 1.14. The van der Waals surface area contributed by atoms with Crippen LogP contribution in [-0.4, -0.2) is 30.5 Å². The van der Waals surface area contributed by atoms with Crippen molar-refractivity contribution < 1.29 is 14.9 Å². The predicted octanol–water partition coefficient (Wildman–Crippen LogP) is 3.29. The van der Waals surface area contributed by atoms with Crippen LogP contribution in [-0.2, 0) is 6.54 Å². The summed E-state index contributed by atoms with van der Waals surface area (Å²) in [6.07, 6.45) is 0. The van der Waals surface area contributed by atoms with Crippen molar-refractivity contribution in [1.82, 2.24) is 5.32 Å². The first-order chi connectivity index (χ1) is 11.5. The average molecular weight is 329 g/mol. The highest BCUT2D eigenvalue weighted by atomic mass is 16.5. The molecule has 0 spiro atoms. The van der Waals surface area contributed by atoms with Crippen molar-refractivity contribution in [2.75, 3.05) is 20.3 Å². The minimum atomic E-state index is -0.245.